The zero-order valence-electron chi connectivity index (χ0n) is 21.2. The third-order valence-electron chi connectivity index (χ3n) is 6.91. The second kappa shape index (κ2) is 10.7. The minimum Gasteiger partial charge on any atom is -0.497 e. The largest absolute Gasteiger partial charge is 0.497 e. The molecule has 8 nitrogen and oxygen atoms in total. The van der Waals surface area contributed by atoms with E-state index in [4.69, 9.17) is 10.5 Å². The van der Waals surface area contributed by atoms with Crippen LogP contribution >= 0.6 is 0 Å². The van der Waals surface area contributed by atoms with E-state index in [1.165, 1.54) is 11.3 Å². The van der Waals surface area contributed by atoms with Crippen molar-refractivity contribution in [3.8, 4) is 16.9 Å². The molecule has 1 fully saturated rings. The van der Waals surface area contributed by atoms with E-state index in [0.717, 1.165) is 54.4 Å². The van der Waals surface area contributed by atoms with E-state index in [1.54, 1.807) is 19.4 Å². The van der Waals surface area contributed by atoms with Crippen molar-refractivity contribution >= 4 is 23.0 Å². The number of nitrogens with two attached hydrogens (primary N) is 1. The molecule has 0 saturated carbocycles. The van der Waals surface area contributed by atoms with Crippen LogP contribution in [0.5, 0.6) is 5.75 Å². The Hall–Kier alpha value is -4.46. The third kappa shape index (κ3) is 5.23. The van der Waals surface area contributed by atoms with E-state index in [1.807, 2.05) is 36.4 Å². The van der Waals surface area contributed by atoms with E-state index in [-0.39, 0.29) is 5.91 Å². The lowest BCUT2D eigenvalue weighted by Crippen LogP contribution is -2.47. The highest BCUT2D eigenvalue weighted by molar-refractivity contribution is 5.96. The number of piperazine rings is 1. The fourth-order valence-electron chi connectivity index (χ4n) is 4.83. The fourth-order valence-corrected chi connectivity index (χ4v) is 4.83. The number of nitrogens with zero attached hydrogens (tertiary/aromatic N) is 3. The summed E-state index contributed by atoms with van der Waals surface area (Å²) in [5.41, 5.74) is 13.9. The van der Waals surface area contributed by atoms with E-state index >= 15 is 0 Å². The lowest BCUT2D eigenvalue weighted by Gasteiger charge is -2.38. The molecule has 1 aromatic heterocycles. The van der Waals surface area contributed by atoms with Gasteiger partial charge in [0.1, 0.15) is 5.75 Å². The second-order valence-electron chi connectivity index (χ2n) is 9.21. The van der Waals surface area contributed by atoms with Crippen LogP contribution in [-0.4, -0.2) is 49.4 Å². The van der Waals surface area contributed by atoms with Gasteiger partial charge >= 0.3 is 0 Å². The number of anilines is 3. The SMILES string of the molecule is COc1ccc(-c2cn[nH]c2CNC(=O)c2ccc(N3CCN(c4ccccc4C)CC3)c(N)c2)cc1. The minimum atomic E-state index is -0.182. The lowest BCUT2D eigenvalue weighted by molar-refractivity contribution is 0.0950. The maximum absolute atomic E-state index is 12.9. The van der Waals surface area contributed by atoms with Gasteiger partial charge in [-0.15, -0.1) is 0 Å². The fraction of sp³-hybridized carbons (Fsp3) is 0.241. The lowest BCUT2D eigenvalue weighted by atomic mass is 10.1. The molecule has 0 radical (unpaired) electrons. The van der Waals surface area contributed by atoms with Crippen molar-refractivity contribution in [3.05, 3.63) is 89.7 Å². The summed E-state index contributed by atoms with van der Waals surface area (Å²) in [7, 11) is 1.64. The second-order valence-corrected chi connectivity index (χ2v) is 9.21. The number of hydrogen-bond acceptors (Lipinski definition) is 6. The number of ether oxygens (including phenoxy) is 1. The number of aryl methyl sites for hydroxylation is 1. The normalized spacial score (nSPS) is 13.5. The first-order valence-corrected chi connectivity index (χ1v) is 12.4. The predicted octanol–water partition coefficient (Wildman–Crippen LogP) is 4.23. The van der Waals surface area contributed by atoms with Gasteiger partial charge in [0, 0.05) is 43.0 Å². The summed E-state index contributed by atoms with van der Waals surface area (Å²) in [6, 6.07) is 21.8. The molecule has 1 saturated heterocycles. The van der Waals surface area contributed by atoms with Gasteiger partial charge in [0.25, 0.3) is 5.91 Å². The van der Waals surface area contributed by atoms with Crippen molar-refractivity contribution in [2.75, 3.05) is 48.8 Å². The molecule has 1 amide bonds. The van der Waals surface area contributed by atoms with Crippen LogP contribution in [-0.2, 0) is 6.54 Å². The smallest absolute Gasteiger partial charge is 0.251 e. The molecule has 0 bridgehead atoms. The number of rotatable bonds is 7. The molecule has 1 aliphatic rings. The summed E-state index contributed by atoms with van der Waals surface area (Å²) in [6.45, 7) is 6.06. The summed E-state index contributed by atoms with van der Waals surface area (Å²) < 4.78 is 5.23. The molecule has 0 unspecified atom stereocenters. The molecule has 4 aromatic rings. The Morgan fingerprint density at radius 2 is 1.70 bits per heavy atom. The number of carbonyl (C=O) groups is 1. The van der Waals surface area contributed by atoms with Crippen LogP contribution in [0.1, 0.15) is 21.6 Å². The van der Waals surface area contributed by atoms with Crippen molar-refractivity contribution in [1.82, 2.24) is 15.5 Å². The van der Waals surface area contributed by atoms with Gasteiger partial charge in [-0.25, -0.2) is 0 Å². The quantitative estimate of drug-likeness (QED) is 0.331. The van der Waals surface area contributed by atoms with Gasteiger partial charge < -0.3 is 25.6 Å². The van der Waals surface area contributed by atoms with Crippen LogP contribution in [0.15, 0.2) is 72.9 Å². The molecule has 3 aromatic carbocycles. The molecule has 0 aliphatic carbocycles. The van der Waals surface area contributed by atoms with Gasteiger partial charge in [-0.2, -0.15) is 5.10 Å². The molecule has 1 aliphatic heterocycles. The Morgan fingerprint density at radius 3 is 2.38 bits per heavy atom. The first-order chi connectivity index (χ1) is 18.0. The van der Waals surface area contributed by atoms with Crippen LogP contribution in [0, 0.1) is 6.92 Å². The Balaban J connectivity index is 1.20. The maximum Gasteiger partial charge on any atom is 0.251 e. The van der Waals surface area contributed by atoms with Gasteiger partial charge in [-0.1, -0.05) is 30.3 Å². The topological polar surface area (TPSA) is 99.5 Å². The molecular formula is C29H32N6O2. The summed E-state index contributed by atoms with van der Waals surface area (Å²) in [6.07, 6.45) is 1.76. The first-order valence-electron chi connectivity index (χ1n) is 12.4. The molecule has 4 N–H and O–H groups in total. The molecule has 0 atom stereocenters. The van der Waals surface area contributed by atoms with Crippen molar-refractivity contribution in [3.63, 3.8) is 0 Å². The molecular weight excluding hydrogens is 464 g/mol. The van der Waals surface area contributed by atoms with Gasteiger partial charge in [0.2, 0.25) is 0 Å². The Labute approximate surface area is 217 Å². The summed E-state index contributed by atoms with van der Waals surface area (Å²) in [5, 5.41) is 10.1. The van der Waals surface area contributed by atoms with Crippen LogP contribution in [0.2, 0.25) is 0 Å². The monoisotopic (exact) mass is 496 g/mol. The van der Waals surface area contributed by atoms with Crippen LogP contribution in [0.4, 0.5) is 17.1 Å². The van der Waals surface area contributed by atoms with Crippen molar-refractivity contribution in [2.45, 2.75) is 13.5 Å². The standard InChI is InChI=1S/C29H32N6O2/c1-20-5-3-4-6-27(20)34-13-15-35(16-14-34)28-12-9-22(17-25(28)30)29(36)31-19-26-24(18-32-33-26)21-7-10-23(37-2)11-8-21/h3-12,17-18H,13-16,19,30H2,1-2H3,(H,31,36)(H,32,33). The van der Waals surface area contributed by atoms with Gasteiger partial charge in [-0.3, -0.25) is 9.89 Å². The van der Waals surface area contributed by atoms with Crippen LogP contribution in [0.25, 0.3) is 11.1 Å². The zero-order chi connectivity index (χ0) is 25.8. The van der Waals surface area contributed by atoms with Crippen LogP contribution < -0.4 is 25.6 Å². The number of hydrogen-bond donors (Lipinski definition) is 3. The van der Waals surface area contributed by atoms with Gasteiger partial charge in [0.05, 0.1) is 36.9 Å². The number of nitrogen functional groups attached to an aromatic ring is 1. The highest BCUT2D eigenvalue weighted by atomic mass is 16.5. The van der Waals surface area contributed by atoms with Crippen molar-refractivity contribution in [2.24, 2.45) is 0 Å². The highest BCUT2D eigenvalue weighted by Gasteiger charge is 2.21. The number of amides is 1. The average Bonchev–Trinajstić information content (AvgIpc) is 3.41. The van der Waals surface area contributed by atoms with Crippen molar-refractivity contribution < 1.29 is 9.53 Å². The molecule has 8 heteroatoms. The molecule has 5 rings (SSSR count). The number of aromatic amines is 1. The van der Waals surface area contributed by atoms with E-state index in [0.29, 0.717) is 17.8 Å². The molecule has 0 spiro atoms. The number of para-hydroxylation sites is 1. The Kier molecular flexibility index (Phi) is 6.98. The van der Waals surface area contributed by atoms with E-state index in [2.05, 4.69) is 56.5 Å². The Morgan fingerprint density at radius 1 is 1.00 bits per heavy atom. The predicted molar refractivity (Wildman–Crippen MR) is 148 cm³/mol. The summed E-state index contributed by atoms with van der Waals surface area (Å²) in [4.78, 5) is 17.6. The number of benzene rings is 3. The summed E-state index contributed by atoms with van der Waals surface area (Å²) >= 11 is 0. The maximum atomic E-state index is 12.9. The number of nitrogens with one attached hydrogen (secondary N) is 2. The van der Waals surface area contributed by atoms with Crippen molar-refractivity contribution in [1.29, 1.82) is 0 Å². The first kappa shape index (κ1) is 24.2. The van der Waals surface area contributed by atoms with E-state index < -0.39 is 0 Å². The Bertz CT molecular complexity index is 1370. The number of H-pyrrole nitrogens is 1. The van der Waals surface area contributed by atoms with Gasteiger partial charge in [-0.05, 0) is 54.4 Å². The molecule has 37 heavy (non-hydrogen) atoms. The number of carbonyl (C=O) groups excluding carboxylic acids is 1. The molecule has 2 heterocycles. The third-order valence-corrected chi connectivity index (χ3v) is 6.91. The van der Waals surface area contributed by atoms with E-state index in [9.17, 15) is 4.79 Å². The molecule has 190 valence electrons. The highest BCUT2D eigenvalue weighted by Crippen LogP contribution is 2.28. The van der Waals surface area contributed by atoms with Gasteiger partial charge in [0.15, 0.2) is 0 Å². The average molecular weight is 497 g/mol. The minimum absolute atomic E-state index is 0.182. The van der Waals surface area contributed by atoms with Crippen LogP contribution in [0.3, 0.4) is 0 Å². The summed E-state index contributed by atoms with van der Waals surface area (Å²) in [5.74, 6) is 0.606. The number of methoxy groups -OCH3 is 1. The zero-order valence-corrected chi connectivity index (χ0v) is 21.2. The number of aromatic nitrogens is 2.